The lowest BCUT2D eigenvalue weighted by molar-refractivity contribution is -0.148. The molecule has 1 amide bonds. The van der Waals surface area contributed by atoms with Crippen LogP contribution < -0.4 is 0 Å². The number of ether oxygens (including phenoxy) is 1. The van der Waals surface area contributed by atoms with E-state index in [1.165, 1.54) is 6.08 Å². The molecule has 8 heteroatoms. The van der Waals surface area contributed by atoms with Crippen molar-refractivity contribution in [2.24, 2.45) is 0 Å². The topological polar surface area (TPSA) is 66.8 Å². The number of nitrogens with zero attached hydrogens (tertiary/aromatic N) is 1. The maximum Gasteiger partial charge on any atom is 0.410 e. The van der Waals surface area contributed by atoms with Gasteiger partial charge in [-0.15, -0.1) is 6.58 Å². The van der Waals surface area contributed by atoms with Crippen LogP contribution in [0.3, 0.4) is 0 Å². The third-order valence-corrected chi connectivity index (χ3v) is 3.28. The fraction of sp³-hybridized carbons (Fsp3) is 0.636. The van der Waals surface area contributed by atoms with Crippen LogP contribution in [0, 0.1) is 0 Å². The molecule has 0 radical (unpaired) electrons. The molecule has 5 nitrogen and oxygen atoms in total. The van der Waals surface area contributed by atoms with Crippen LogP contribution in [0.1, 0.15) is 19.3 Å². The summed E-state index contributed by atoms with van der Waals surface area (Å²) in [6, 6.07) is 0. The molecule has 0 saturated carbocycles. The van der Waals surface area contributed by atoms with Gasteiger partial charge in [0.05, 0.1) is 0 Å². The van der Waals surface area contributed by atoms with Crippen molar-refractivity contribution >= 4 is 46.9 Å². The van der Waals surface area contributed by atoms with Crippen molar-refractivity contribution < 1.29 is 19.4 Å². The molecule has 0 aliphatic carbocycles. The zero-order valence-electron chi connectivity index (χ0n) is 10.1. The van der Waals surface area contributed by atoms with Gasteiger partial charge in [-0.3, -0.25) is 4.90 Å². The first-order valence-electron chi connectivity index (χ1n) is 5.58. The molecular formula is C11H14Cl3NO4. The SMILES string of the molecule is C=CC[C@@]1(C(=O)O)CCCN1C(=O)OCC(Cl)(Cl)Cl. The Kier molecular flexibility index (Phi) is 5.35. The average Bonchev–Trinajstić information content (AvgIpc) is 2.70. The normalized spacial score (nSPS) is 23.2. The summed E-state index contributed by atoms with van der Waals surface area (Å²) in [5, 5.41) is 9.37. The van der Waals surface area contributed by atoms with Crippen LogP contribution in [0.2, 0.25) is 0 Å². The molecule has 108 valence electrons. The summed E-state index contributed by atoms with van der Waals surface area (Å²) in [6.45, 7) is 3.38. The largest absolute Gasteiger partial charge is 0.479 e. The number of likely N-dealkylation sites (tertiary alicyclic amines) is 1. The van der Waals surface area contributed by atoms with E-state index in [4.69, 9.17) is 39.5 Å². The standard InChI is InChI=1S/C11H14Cl3NO4/c1-2-4-10(8(16)17)5-3-6-15(10)9(18)19-7-11(12,13)14/h2H,1,3-7H2,(H,16,17)/t10-/m0/s1. The summed E-state index contributed by atoms with van der Waals surface area (Å²) >= 11 is 16.4. The first kappa shape index (κ1) is 16.4. The highest BCUT2D eigenvalue weighted by molar-refractivity contribution is 6.67. The number of rotatable bonds is 4. The molecule has 1 heterocycles. The van der Waals surface area contributed by atoms with Crippen LogP contribution in [-0.2, 0) is 9.53 Å². The summed E-state index contributed by atoms with van der Waals surface area (Å²) in [4.78, 5) is 24.5. The molecule has 1 aliphatic rings. The van der Waals surface area contributed by atoms with Crippen molar-refractivity contribution in [3.8, 4) is 0 Å². The Balaban J connectivity index is 2.82. The molecule has 19 heavy (non-hydrogen) atoms. The highest BCUT2D eigenvalue weighted by atomic mass is 35.6. The van der Waals surface area contributed by atoms with Gasteiger partial charge in [-0.2, -0.15) is 0 Å². The summed E-state index contributed by atoms with van der Waals surface area (Å²) < 4.78 is 3.11. The molecule has 0 unspecified atom stereocenters. The van der Waals surface area contributed by atoms with Crippen LogP contribution >= 0.6 is 34.8 Å². The van der Waals surface area contributed by atoms with Gasteiger partial charge in [0.15, 0.2) is 0 Å². The number of hydrogen-bond donors (Lipinski definition) is 1. The van der Waals surface area contributed by atoms with Gasteiger partial charge in [-0.1, -0.05) is 40.9 Å². The minimum atomic E-state index is -1.72. The molecule has 1 atom stereocenters. The predicted molar refractivity (Wildman–Crippen MR) is 72.8 cm³/mol. The number of amides is 1. The van der Waals surface area contributed by atoms with E-state index in [2.05, 4.69) is 6.58 Å². The van der Waals surface area contributed by atoms with Crippen molar-refractivity contribution in [3.05, 3.63) is 12.7 Å². The van der Waals surface area contributed by atoms with Crippen LogP contribution in [-0.4, -0.2) is 44.6 Å². The number of carboxylic acid groups (broad SMARTS) is 1. The van der Waals surface area contributed by atoms with Crippen molar-refractivity contribution in [1.29, 1.82) is 0 Å². The second-order valence-corrected chi connectivity index (χ2v) is 6.77. The number of carboxylic acids is 1. The lowest BCUT2D eigenvalue weighted by Gasteiger charge is -2.33. The highest BCUT2D eigenvalue weighted by Crippen LogP contribution is 2.34. The van der Waals surface area contributed by atoms with Crippen LogP contribution in [0.15, 0.2) is 12.7 Å². The summed E-state index contributed by atoms with van der Waals surface area (Å²) in [5.74, 6) is -1.09. The van der Waals surface area contributed by atoms with E-state index >= 15 is 0 Å². The van der Waals surface area contributed by atoms with E-state index in [1.54, 1.807) is 0 Å². The average molecular weight is 331 g/mol. The molecular weight excluding hydrogens is 316 g/mol. The zero-order valence-corrected chi connectivity index (χ0v) is 12.3. The Bertz CT molecular complexity index is 383. The van der Waals surface area contributed by atoms with Gasteiger partial charge in [-0.25, -0.2) is 9.59 Å². The Labute approximate surface area is 126 Å². The monoisotopic (exact) mass is 329 g/mol. The summed E-state index contributed by atoms with van der Waals surface area (Å²) in [5.41, 5.74) is -1.31. The number of alkyl halides is 3. The molecule has 0 spiro atoms. The Morgan fingerprint density at radius 2 is 2.11 bits per heavy atom. The van der Waals surface area contributed by atoms with Gasteiger partial charge < -0.3 is 9.84 Å². The lowest BCUT2D eigenvalue weighted by atomic mass is 9.92. The highest BCUT2D eigenvalue weighted by Gasteiger charge is 2.50. The molecule has 0 aromatic heterocycles. The first-order valence-corrected chi connectivity index (χ1v) is 6.72. The lowest BCUT2D eigenvalue weighted by Crippen LogP contribution is -2.53. The Morgan fingerprint density at radius 1 is 1.47 bits per heavy atom. The van der Waals surface area contributed by atoms with Gasteiger partial charge in [-0.05, 0) is 19.3 Å². The van der Waals surface area contributed by atoms with Crippen molar-refractivity contribution in [1.82, 2.24) is 4.90 Å². The summed E-state index contributed by atoms with van der Waals surface area (Å²) in [7, 11) is 0. The van der Waals surface area contributed by atoms with E-state index in [9.17, 15) is 14.7 Å². The van der Waals surface area contributed by atoms with Gasteiger partial charge in [0, 0.05) is 6.54 Å². The van der Waals surface area contributed by atoms with E-state index in [0.717, 1.165) is 4.90 Å². The fourth-order valence-corrected chi connectivity index (χ4v) is 2.29. The van der Waals surface area contributed by atoms with Gasteiger partial charge in [0.2, 0.25) is 3.79 Å². The second kappa shape index (κ2) is 6.20. The number of halogens is 3. The van der Waals surface area contributed by atoms with Crippen LogP contribution in [0.5, 0.6) is 0 Å². The first-order chi connectivity index (χ1) is 8.73. The molecule has 1 saturated heterocycles. The number of aliphatic carboxylic acids is 1. The van der Waals surface area contributed by atoms with Gasteiger partial charge in [0.1, 0.15) is 12.1 Å². The molecule has 1 rings (SSSR count). The predicted octanol–water partition coefficient (Wildman–Crippen LogP) is 2.99. The molecule has 1 aliphatic heterocycles. The van der Waals surface area contributed by atoms with Gasteiger partial charge >= 0.3 is 12.1 Å². The smallest absolute Gasteiger partial charge is 0.410 e. The minimum absolute atomic E-state index is 0.144. The minimum Gasteiger partial charge on any atom is -0.479 e. The Hall–Kier alpha value is -0.650. The van der Waals surface area contributed by atoms with Crippen molar-refractivity contribution in [3.63, 3.8) is 0 Å². The zero-order chi connectivity index (χ0) is 14.7. The third-order valence-electron chi connectivity index (χ3n) is 2.95. The maximum absolute atomic E-state index is 11.9. The molecule has 0 aromatic rings. The number of hydrogen-bond acceptors (Lipinski definition) is 3. The summed E-state index contributed by atoms with van der Waals surface area (Å²) in [6.07, 6.45) is 1.73. The fourth-order valence-electron chi connectivity index (χ4n) is 2.13. The van der Waals surface area contributed by atoms with E-state index in [0.29, 0.717) is 19.4 Å². The van der Waals surface area contributed by atoms with E-state index in [1.807, 2.05) is 0 Å². The van der Waals surface area contributed by atoms with E-state index < -0.39 is 28.0 Å². The number of carbonyl (C=O) groups is 2. The van der Waals surface area contributed by atoms with Crippen molar-refractivity contribution in [2.75, 3.05) is 13.2 Å². The quantitative estimate of drug-likeness (QED) is 0.635. The molecule has 0 aromatic carbocycles. The third kappa shape index (κ3) is 3.91. The molecule has 0 bridgehead atoms. The number of carbonyl (C=O) groups excluding carboxylic acids is 1. The van der Waals surface area contributed by atoms with Crippen LogP contribution in [0.4, 0.5) is 4.79 Å². The van der Waals surface area contributed by atoms with Gasteiger partial charge in [0.25, 0.3) is 0 Å². The molecule has 1 fully saturated rings. The second-order valence-electron chi connectivity index (χ2n) is 4.25. The van der Waals surface area contributed by atoms with Crippen LogP contribution in [0.25, 0.3) is 0 Å². The van der Waals surface area contributed by atoms with E-state index in [-0.39, 0.29) is 6.42 Å². The molecule has 1 N–H and O–H groups in total. The Morgan fingerprint density at radius 3 is 2.58 bits per heavy atom. The maximum atomic E-state index is 11.9. The van der Waals surface area contributed by atoms with Crippen molar-refractivity contribution in [2.45, 2.75) is 28.6 Å².